The number of nitrogens with one attached hydrogen (secondary N) is 1. The predicted molar refractivity (Wildman–Crippen MR) is 106 cm³/mol. The monoisotopic (exact) mass is 401 g/mol. The minimum Gasteiger partial charge on any atom is -0.390 e. The molecule has 0 aliphatic rings. The number of nitro groups is 1. The van der Waals surface area contributed by atoms with Gasteiger partial charge in [0.15, 0.2) is 5.69 Å². The number of nitrogens with zero attached hydrogens (tertiary/aromatic N) is 4. The van der Waals surface area contributed by atoms with Crippen LogP contribution >= 0.6 is 0 Å². The van der Waals surface area contributed by atoms with Gasteiger partial charge in [0.2, 0.25) is 10.0 Å². The number of hydrazone groups is 1. The fourth-order valence-corrected chi connectivity index (χ4v) is 3.59. The number of rotatable bonds is 15. The van der Waals surface area contributed by atoms with Crippen LogP contribution in [0, 0.1) is 10.1 Å². The van der Waals surface area contributed by atoms with Crippen LogP contribution in [-0.4, -0.2) is 34.9 Å². The van der Waals surface area contributed by atoms with Gasteiger partial charge in [0.05, 0.1) is 19.0 Å². The van der Waals surface area contributed by atoms with Crippen molar-refractivity contribution >= 4 is 22.2 Å². The molecular weight excluding hydrogens is 370 g/mol. The summed E-state index contributed by atoms with van der Waals surface area (Å²) in [4.78, 5) is 15.9. The topological polar surface area (TPSA) is 119 Å². The lowest BCUT2D eigenvalue weighted by Crippen LogP contribution is -2.21. The Labute approximate surface area is 161 Å². The minimum absolute atomic E-state index is 0.0202. The smallest absolute Gasteiger partial charge is 0.390 e. The molecule has 0 amide bonds. The number of hydrogen-bond donors (Lipinski definition) is 1. The summed E-state index contributed by atoms with van der Waals surface area (Å²) in [6.07, 6.45) is 13.8. The lowest BCUT2D eigenvalue weighted by molar-refractivity contribution is -0.396. The van der Waals surface area contributed by atoms with E-state index in [1.54, 1.807) is 0 Å². The molecule has 1 N–H and O–H groups in total. The second-order valence-corrected chi connectivity index (χ2v) is 8.47. The molecule has 1 aromatic rings. The Bertz CT molecular complexity index is 700. The first-order chi connectivity index (χ1) is 12.9. The Morgan fingerprint density at radius 1 is 1.15 bits per heavy atom. The molecule has 0 bridgehead atoms. The summed E-state index contributed by atoms with van der Waals surface area (Å²) >= 11 is 0. The molecule has 0 aliphatic heterocycles. The number of aromatic nitrogens is 2. The van der Waals surface area contributed by atoms with Crippen molar-refractivity contribution in [2.24, 2.45) is 12.1 Å². The summed E-state index contributed by atoms with van der Waals surface area (Å²) in [7, 11) is -2.03. The van der Waals surface area contributed by atoms with Crippen molar-refractivity contribution in [1.29, 1.82) is 0 Å². The Kier molecular flexibility index (Phi) is 10.6. The Morgan fingerprint density at radius 2 is 1.70 bits per heavy atom. The quantitative estimate of drug-likeness (QED) is 0.209. The highest BCUT2D eigenvalue weighted by Crippen LogP contribution is 2.11. The highest BCUT2D eigenvalue weighted by molar-refractivity contribution is 7.89. The molecule has 0 aliphatic carbocycles. The summed E-state index contributed by atoms with van der Waals surface area (Å²) in [5.74, 6) is -0.309. The van der Waals surface area contributed by atoms with Gasteiger partial charge in [-0.1, -0.05) is 69.7 Å². The van der Waals surface area contributed by atoms with E-state index in [2.05, 4.69) is 21.8 Å². The summed E-state index contributed by atoms with van der Waals surface area (Å²) in [6.45, 7) is 2.21. The van der Waals surface area contributed by atoms with Crippen molar-refractivity contribution < 1.29 is 13.3 Å². The maximum Gasteiger partial charge on any atom is 0.434 e. The molecular formula is C17H31N5O4S. The van der Waals surface area contributed by atoms with Crippen molar-refractivity contribution in [2.75, 3.05) is 5.75 Å². The van der Waals surface area contributed by atoms with Crippen LogP contribution in [0.3, 0.4) is 0 Å². The minimum atomic E-state index is -3.49. The van der Waals surface area contributed by atoms with E-state index in [0.717, 1.165) is 19.3 Å². The van der Waals surface area contributed by atoms with E-state index in [1.165, 1.54) is 62.6 Å². The molecule has 1 rings (SSSR count). The molecule has 9 nitrogen and oxygen atoms in total. The lowest BCUT2D eigenvalue weighted by atomic mass is 10.1. The third-order valence-corrected chi connectivity index (χ3v) is 5.53. The van der Waals surface area contributed by atoms with Crippen LogP contribution in [-0.2, 0) is 17.1 Å². The number of hydrogen-bond acceptors (Lipinski definition) is 6. The van der Waals surface area contributed by atoms with E-state index >= 15 is 0 Å². The average Bonchev–Trinajstić information content (AvgIpc) is 2.97. The molecule has 154 valence electrons. The van der Waals surface area contributed by atoms with Crippen molar-refractivity contribution in [3.05, 3.63) is 22.0 Å². The van der Waals surface area contributed by atoms with Crippen molar-refractivity contribution in [2.45, 2.75) is 71.1 Å². The largest absolute Gasteiger partial charge is 0.434 e. The fourth-order valence-electron chi connectivity index (χ4n) is 2.70. The first-order valence-corrected chi connectivity index (χ1v) is 11.2. The normalized spacial score (nSPS) is 11.9. The number of unbranched alkanes of at least 4 members (excludes halogenated alkanes) is 9. The van der Waals surface area contributed by atoms with Gasteiger partial charge in [-0.3, -0.25) is 0 Å². The van der Waals surface area contributed by atoms with Gasteiger partial charge in [-0.25, -0.2) is 17.8 Å². The standard InChI is InChI=1S/C17H31N5O4S/c1-3-4-5-6-7-8-9-10-11-12-13-27(25,26)20-19-15-16-14-18-17(21(16)2)22(23)24/h14-15,20H,3-13H2,1-2H3. The zero-order valence-electron chi connectivity index (χ0n) is 16.3. The van der Waals surface area contributed by atoms with E-state index in [1.807, 2.05) is 0 Å². The van der Waals surface area contributed by atoms with Gasteiger partial charge in [-0.2, -0.15) is 5.10 Å². The maximum absolute atomic E-state index is 11.9. The summed E-state index contributed by atoms with van der Waals surface area (Å²) in [6, 6.07) is 0. The highest BCUT2D eigenvalue weighted by Gasteiger charge is 2.16. The SMILES string of the molecule is CCCCCCCCCCCCS(=O)(=O)NN=Cc1cnc([N+](=O)[O-])n1C. The van der Waals surface area contributed by atoms with Gasteiger partial charge in [0.1, 0.15) is 6.20 Å². The van der Waals surface area contributed by atoms with Crippen LogP contribution in [0.1, 0.15) is 76.8 Å². The zero-order chi connectivity index (χ0) is 20.1. The first kappa shape index (κ1) is 23.1. The molecule has 10 heteroatoms. The van der Waals surface area contributed by atoms with E-state index in [9.17, 15) is 18.5 Å². The van der Waals surface area contributed by atoms with Crippen LogP contribution in [0.4, 0.5) is 5.95 Å². The van der Waals surface area contributed by atoms with Gasteiger partial charge >= 0.3 is 5.95 Å². The van der Waals surface area contributed by atoms with Crippen LogP contribution in [0.2, 0.25) is 0 Å². The third kappa shape index (κ3) is 9.50. The molecule has 1 heterocycles. The molecule has 1 aromatic heterocycles. The van der Waals surface area contributed by atoms with Gasteiger partial charge in [-0.05, 0) is 11.3 Å². The summed E-state index contributed by atoms with van der Waals surface area (Å²) < 4.78 is 25.0. The third-order valence-electron chi connectivity index (χ3n) is 4.32. The van der Waals surface area contributed by atoms with E-state index in [4.69, 9.17) is 0 Å². The first-order valence-electron chi connectivity index (χ1n) is 9.56. The van der Waals surface area contributed by atoms with Crippen LogP contribution in [0.15, 0.2) is 11.3 Å². The fraction of sp³-hybridized carbons (Fsp3) is 0.765. The number of sulfonamides is 1. The Hall–Kier alpha value is -1.97. The van der Waals surface area contributed by atoms with Crippen LogP contribution < -0.4 is 4.83 Å². The van der Waals surface area contributed by atoms with Crippen LogP contribution in [0.5, 0.6) is 0 Å². The molecule has 0 saturated heterocycles. The van der Waals surface area contributed by atoms with E-state index in [-0.39, 0.29) is 11.7 Å². The molecule has 0 unspecified atom stereocenters. The molecule has 0 atom stereocenters. The van der Waals surface area contributed by atoms with Crippen molar-refractivity contribution in [3.8, 4) is 0 Å². The van der Waals surface area contributed by atoms with Gasteiger partial charge in [-0.15, -0.1) is 0 Å². The van der Waals surface area contributed by atoms with Gasteiger partial charge < -0.3 is 10.1 Å². The van der Waals surface area contributed by atoms with Gasteiger partial charge in [0, 0.05) is 0 Å². The zero-order valence-corrected chi connectivity index (χ0v) is 17.1. The van der Waals surface area contributed by atoms with Gasteiger partial charge in [0.25, 0.3) is 0 Å². The Balaban J connectivity index is 2.20. The second-order valence-electron chi connectivity index (χ2n) is 6.65. The van der Waals surface area contributed by atoms with E-state index < -0.39 is 14.9 Å². The molecule has 27 heavy (non-hydrogen) atoms. The van der Waals surface area contributed by atoms with Crippen molar-refractivity contribution in [3.63, 3.8) is 0 Å². The molecule has 0 saturated carbocycles. The molecule has 0 spiro atoms. The highest BCUT2D eigenvalue weighted by atomic mass is 32.2. The Morgan fingerprint density at radius 3 is 2.22 bits per heavy atom. The van der Waals surface area contributed by atoms with E-state index in [0.29, 0.717) is 12.1 Å². The number of imidazole rings is 1. The lowest BCUT2D eigenvalue weighted by Gasteiger charge is -2.04. The van der Waals surface area contributed by atoms with Crippen LogP contribution in [0.25, 0.3) is 0 Å². The summed E-state index contributed by atoms with van der Waals surface area (Å²) in [5.41, 5.74) is 0.336. The second kappa shape index (κ2) is 12.4. The maximum atomic E-state index is 11.9. The van der Waals surface area contributed by atoms with Crippen molar-refractivity contribution in [1.82, 2.24) is 14.4 Å². The molecule has 0 radical (unpaired) electrons. The molecule has 0 aromatic carbocycles. The molecule has 0 fully saturated rings. The average molecular weight is 402 g/mol. The summed E-state index contributed by atoms with van der Waals surface area (Å²) in [5, 5.41) is 14.4. The predicted octanol–water partition coefficient (Wildman–Crippen LogP) is 3.50.